The first-order chi connectivity index (χ1) is 15.2. The Bertz CT molecular complexity index is 826. The summed E-state index contributed by atoms with van der Waals surface area (Å²) in [7, 11) is 3.26. The van der Waals surface area contributed by atoms with Crippen LogP contribution in [0, 0.1) is 0 Å². The Morgan fingerprint density at radius 3 is 2.38 bits per heavy atom. The monoisotopic (exact) mass is 553 g/mol. The molecule has 0 atom stereocenters. The molecule has 0 spiro atoms. The Kier molecular flexibility index (Phi) is 11.6. The molecule has 32 heavy (non-hydrogen) atoms. The number of halogens is 1. The SMILES string of the molecule is COc1ccc(OC)c(NC(N)=NCCCCN2CCN(Cc3ccccc3)CC2)c1.I. The van der Waals surface area contributed by atoms with Crippen molar-refractivity contribution in [2.24, 2.45) is 10.7 Å². The predicted octanol–water partition coefficient (Wildman–Crippen LogP) is 3.65. The minimum Gasteiger partial charge on any atom is -0.497 e. The third-order valence-electron chi connectivity index (χ3n) is 5.55. The van der Waals surface area contributed by atoms with E-state index in [0.717, 1.165) is 63.5 Å². The number of nitrogens with one attached hydrogen (secondary N) is 1. The van der Waals surface area contributed by atoms with E-state index >= 15 is 0 Å². The van der Waals surface area contributed by atoms with Gasteiger partial charge in [0.25, 0.3) is 0 Å². The number of hydrogen-bond donors (Lipinski definition) is 2. The van der Waals surface area contributed by atoms with Crippen LogP contribution in [0.5, 0.6) is 11.5 Å². The first kappa shape index (κ1) is 26.2. The fourth-order valence-electron chi connectivity index (χ4n) is 3.75. The molecule has 1 heterocycles. The van der Waals surface area contributed by atoms with Crippen molar-refractivity contribution in [3.63, 3.8) is 0 Å². The van der Waals surface area contributed by atoms with Crippen molar-refractivity contribution in [1.29, 1.82) is 0 Å². The average Bonchev–Trinajstić information content (AvgIpc) is 2.80. The summed E-state index contributed by atoms with van der Waals surface area (Å²) in [5.74, 6) is 1.83. The number of hydrogen-bond acceptors (Lipinski definition) is 5. The predicted molar refractivity (Wildman–Crippen MR) is 142 cm³/mol. The molecule has 0 saturated carbocycles. The van der Waals surface area contributed by atoms with Gasteiger partial charge in [-0.15, -0.1) is 24.0 Å². The molecule has 0 aromatic heterocycles. The summed E-state index contributed by atoms with van der Waals surface area (Å²) < 4.78 is 10.6. The summed E-state index contributed by atoms with van der Waals surface area (Å²) in [6, 6.07) is 16.2. The topological polar surface area (TPSA) is 75.3 Å². The van der Waals surface area contributed by atoms with Gasteiger partial charge in [0.1, 0.15) is 11.5 Å². The lowest BCUT2D eigenvalue weighted by Gasteiger charge is -2.34. The molecule has 7 nitrogen and oxygen atoms in total. The first-order valence-corrected chi connectivity index (χ1v) is 11.0. The number of nitrogens with zero attached hydrogens (tertiary/aromatic N) is 3. The normalized spacial score (nSPS) is 15.1. The van der Waals surface area contributed by atoms with E-state index in [4.69, 9.17) is 15.2 Å². The highest BCUT2D eigenvalue weighted by Gasteiger charge is 2.16. The zero-order valence-electron chi connectivity index (χ0n) is 19.1. The van der Waals surface area contributed by atoms with Crippen molar-refractivity contribution in [3.8, 4) is 11.5 Å². The molecule has 0 aliphatic carbocycles. The summed E-state index contributed by atoms with van der Waals surface area (Å²) in [5.41, 5.74) is 8.19. The minimum atomic E-state index is 0. The number of nitrogens with two attached hydrogens (primary N) is 1. The summed E-state index contributed by atoms with van der Waals surface area (Å²) in [4.78, 5) is 9.54. The van der Waals surface area contributed by atoms with Gasteiger partial charge in [0.2, 0.25) is 0 Å². The van der Waals surface area contributed by atoms with Crippen LogP contribution in [-0.2, 0) is 6.54 Å². The third kappa shape index (κ3) is 8.48. The number of ether oxygens (including phenoxy) is 2. The molecule has 1 saturated heterocycles. The van der Waals surface area contributed by atoms with E-state index in [9.17, 15) is 0 Å². The number of benzene rings is 2. The summed E-state index contributed by atoms with van der Waals surface area (Å²) in [5, 5.41) is 3.11. The van der Waals surface area contributed by atoms with E-state index < -0.39 is 0 Å². The molecule has 8 heteroatoms. The van der Waals surface area contributed by atoms with Crippen LogP contribution in [0.3, 0.4) is 0 Å². The molecule has 1 fully saturated rings. The number of guanidine groups is 1. The van der Waals surface area contributed by atoms with Gasteiger partial charge < -0.3 is 25.4 Å². The molecule has 1 aliphatic rings. The average molecular weight is 553 g/mol. The van der Waals surface area contributed by atoms with E-state index in [1.165, 1.54) is 5.56 Å². The Morgan fingerprint density at radius 1 is 0.969 bits per heavy atom. The van der Waals surface area contributed by atoms with Crippen molar-refractivity contribution in [2.45, 2.75) is 19.4 Å². The third-order valence-corrected chi connectivity index (χ3v) is 5.55. The quantitative estimate of drug-likeness (QED) is 0.203. The molecule has 3 rings (SSSR count). The fourth-order valence-corrected chi connectivity index (χ4v) is 3.75. The second-order valence-corrected chi connectivity index (χ2v) is 7.77. The molecule has 3 N–H and O–H groups in total. The van der Waals surface area contributed by atoms with Crippen LogP contribution in [0.4, 0.5) is 5.69 Å². The number of methoxy groups -OCH3 is 2. The zero-order valence-corrected chi connectivity index (χ0v) is 21.5. The van der Waals surface area contributed by atoms with Crippen molar-refractivity contribution < 1.29 is 9.47 Å². The Balaban J connectivity index is 0.00000363. The van der Waals surface area contributed by atoms with Gasteiger partial charge in [-0.3, -0.25) is 9.89 Å². The lowest BCUT2D eigenvalue weighted by molar-refractivity contribution is 0.126. The maximum Gasteiger partial charge on any atom is 0.193 e. The minimum absolute atomic E-state index is 0. The molecule has 1 aliphatic heterocycles. The molecule has 0 amide bonds. The maximum atomic E-state index is 6.05. The summed E-state index contributed by atoms with van der Waals surface area (Å²) in [6.45, 7) is 7.40. The van der Waals surface area contributed by atoms with Crippen LogP contribution in [0.1, 0.15) is 18.4 Å². The number of aliphatic imine (C=N–C) groups is 1. The van der Waals surface area contributed by atoms with Crippen LogP contribution in [-0.4, -0.2) is 69.2 Å². The number of rotatable bonds is 10. The fraction of sp³-hybridized carbons (Fsp3) is 0.458. The van der Waals surface area contributed by atoms with Gasteiger partial charge in [-0.1, -0.05) is 30.3 Å². The second-order valence-electron chi connectivity index (χ2n) is 7.77. The molecular weight excluding hydrogens is 517 g/mol. The Morgan fingerprint density at radius 2 is 1.69 bits per heavy atom. The van der Waals surface area contributed by atoms with Crippen LogP contribution in [0.15, 0.2) is 53.5 Å². The largest absolute Gasteiger partial charge is 0.497 e. The van der Waals surface area contributed by atoms with E-state index in [1.54, 1.807) is 14.2 Å². The van der Waals surface area contributed by atoms with Gasteiger partial charge in [0.15, 0.2) is 5.96 Å². The van der Waals surface area contributed by atoms with Gasteiger partial charge in [0.05, 0.1) is 19.9 Å². The molecule has 0 radical (unpaired) electrons. The number of unbranched alkanes of at least 4 members (excludes halogenated alkanes) is 1. The van der Waals surface area contributed by atoms with Crippen LogP contribution in [0.2, 0.25) is 0 Å². The standard InChI is InChI=1S/C24H35N5O2.HI/c1-30-21-10-11-23(31-2)22(18-21)27-24(25)26-12-6-7-13-28-14-16-29(17-15-28)19-20-8-4-3-5-9-20;/h3-5,8-11,18H,6-7,12-17,19H2,1-2H3,(H3,25,26,27);1H. The summed E-state index contributed by atoms with van der Waals surface area (Å²) >= 11 is 0. The van der Waals surface area contributed by atoms with Crippen LogP contribution in [0.25, 0.3) is 0 Å². The molecule has 0 bridgehead atoms. The lowest BCUT2D eigenvalue weighted by Crippen LogP contribution is -2.46. The van der Waals surface area contributed by atoms with Gasteiger partial charge >= 0.3 is 0 Å². The highest BCUT2D eigenvalue weighted by Crippen LogP contribution is 2.28. The van der Waals surface area contributed by atoms with Crippen LogP contribution < -0.4 is 20.5 Å². The van der Waals surface area contributed by atoms with Gasteiger partial charge in [0, 0.05) is 45.3 Å². The second kappa shape index (κ2) is 14.2. The molecule has 2 aromatic rings. The highest BCUT2D eigenvalue weighted by molar-refractivity contribution is 14.0. The van der Waals surface area contributed by atoms with Crippen molar-refractivity contribution in [1.82, 2.24) is 9.80 Å². The summed E-state index contributed by atoms with van der Waals surface area (Å²) in [6.07, 6.45) is 2.14. The first-order valence-electron chi connectivity index (χ1n) is 11.0. The Hall–Kier alpha value is -2.04. The van der Waals surface area contributed by atoms with Crippen molar-refractivity contribution in [3.05, 3.63) is 54.1 Å². The van der Waals surface area contributed by atoms with Crippen molar-refractivity contribution in [2.75, 3.05) is 58.8 Å². The van der Waals surface area contributed by atoms with Gasteiger partial charge in [-0.2, -0.15) is 0 Å². The number of piperazine rings is 1. The zero-order chi connectivity index (χ0) is 21.9. The smallest absolute Gasteiger partial charge is 0.193 e. The van der Waals surface area contributed by atoms with E-state index in [2.05, 4.69) is 50.4 Å². The van der Waals surface area contributed by atoms with E-state index in [0.29, 0.717) is 18.3 Å². The van der Waals surface area contributed by atoms with E-state index in [1.807, 2.05) is 18.2 Å². The van der Waals surface area contributed by atoms with Crippen LogP contribution >= 0.6 is 24.0 Å². The Labute approximate surface area is 209 Å². The molecule has 176 valence electrons. The van der Waals surface area contributed by atoms with Gasteiger partial charge in [-0.05, 0) is 37.1 Å². The number of anilines is 1. The molecule has 2 aromatic carbocycles. The van der Waals surface area contributed by atoms with Crippen molar-refractivity contribution >= 4 is 35.6 Å². The molecular formula is C24H36IN5O2. The maximum absolute atomic E-state index is 6.05. The van der Waals surface area contributed by atoms with Gasteiger partial charge in [-0.25, -0.2) is 0 Å². The van der Waals surface area contributed by atoms with E-state index in [-0.39, 0.29) is 24.0 Å². The highest BCUT2D eigenvalue weighted by atomic mass is 127. The molecule has 0 unspecified atom stereocenters. The lowest BCUT2D eigenvalue weighted by atomic mass is 10.2.